The molecule has 1 heterocycles. The zero-order valence-electron chi connectivity index (χ0n) is 14.2. The number of nitriles is 1. The predicted molar refractivity (Wildman–Crippen MR) is 96.9 cm³/mol. The molecule has 6 nitrogen and oxygen atoms in total. The Morgan fingerprint density at radius 1 is 1.44 bits per heavy atom. The summed E-state index contributed by atoms with van der Waals surface area (Å²) in [6.07, 6.45) is 2.91. The van der Waals surface area contributed by atoms with Crippen molar-refractivity contribution in [3.05, 3.63) is 64.0 Å². The van der Waals surface area contributed by atoms with E-state index in [1.807, 2.05) is 25.1 Å². The number of aliphatic imine (C=N–C) groups is 1. The Morgan fingerprint density at radius 3 is 2.80 bits per heavy atom. The Morgan fingerprint density at radius 2 is 2.16 bits per heavy atom. The van der Waals surface area contributed by atoms with Gasteiger partial charge in [-0.2, -0.15) is 5.26 Å². The number of benzene rings is 1. The SMILES string of the molecule is C=CCn1c(O)c(C=Nc2ccccc2OCC)c(C)c(C#N)c1=O. The summed E-state index contributed by atoms with van der Waals surface area (Å²) < 4.78 is 6.61. The van der Waals surface area contributed by atoms with Crippen molar-refractivity contribution in [1.29, 1.82) is 5.26 Å². The third-order valence-electron chi connectivity index (χ3n) is 3.66. The van der Waals surface area contributed by atoms with E-state index in [1.54, 1.807) is 19.1 Å². The smallest absolute Gasteiger partial charge is 0.271 e. The molecule has 0 aliphatic carbocycles. The molecule has 0 spiro atoms. The molecule has 0 atom stereocenters. The van der Waals surface area contributed by atoms with Crippen LogP contribution in [0.1, 0.15) is 23.6 Å². The van der Waals surface area contributed by atoms with E-state index in [2.05, 4.69) is 11.6 Å². The van der Waals surface area contributed by atoms with Gasteiger partial charge in [-0.05, 0) is 31.5 Å². The van der Waals surface area contributed by atoms with Crippen molar-refractivity contribution in [2.24, 2.45) is 4.99 Å². The first-order valence-electron chi connectivity index (χ1n) is 7.78. The number of allylic oxidation sites excluding steroid dienone is 1. The number of pyridine rings is 1. The van der Waals surface area contributed by atoms with Crippen LogP contribution in [0, 0.1) is 18.3 Å². The van der Waals surface area contributed by atoms with Gasteiger partial charge in [0.1, 0.15) is 23.1 Å². The highest BCUT2D eigenvalue weighted by Crippen LogP contribution is 2.28. The molecule has 0 radical (unpaired) electrons. The second kappa shape index (κ2) is 7.97. The molecule has 0 aliphatic heterocycles. The summed E-state index contributed by atoms with van der Waals surface area (Å²) >= 11 is 0. The summed E-state index contributed by atoms with van der Waals surface area (Å²) in [5, 5.41) is 19.7. The standard InChI is InChI=1S/C19H19N3O3/c1-4-10-22-18(23)14(11-20)13(3)15(19(22)24)12-21-16-8-6-7-9-17(16)25-5-2/h4,6-9,12,24H,1,5,10H2,2-3H3. The van der Waals surface area contributed by atoms with Gasteiger partial charge in [0.15, 0.2) is 0 Å². The quantitative estimate of drug-likeness (QED) is 0.648. The summed E-state index contributed by atoms with van der Waals surface area (Å²) in [6.45, 7) is 7.64. The number of nitrogens with zero attached hydrogens (tertiary/aromatic N) is 3. The molecule has 0 bridgehead atoms. The lowest BCUT2D eigenvalue weighted by Gasteiger charge is -2.12. The van der Waals surface area contributed by atoms with Gasteiger partial charge < -0.3 is 9.84 Å². The molecule has 2 rings (SSSR count). The first-order chi connectivity index (χ1) is 12.0. The fraction of sp³-hybridized carbons (Fsp3) is 0.211. The van der Waals surface area contributed by atoms with Crippen LogP contribution in [-0.2, 0) is 6.54 Å². The Bertz CT molecular complexity index is 921. The highest BCUT2D eigenvalue weighted by atomic mass is 16.5. The van der Waals surface area contributed by atoms with Gasteiger partial charge in [-0.15, -0.1) is 6.58 Å². The fourth-order valence-electron chi connectivity index (χ4n) is 2.40. The Labute approximate surface area is 146 Å². The minimum atomic E-state index is -0.552. The van der Waals surface area contributed by atoms with Crippen molar-refractivity contribution in [1.82, 2.24) is 4.57 Å². The number of hydrogen-bond donors (Lipinski definition) is 1. The van der Waals surface area contributed by atoms with Crippen LogP contribution in [-0.4, -0.2) is 22.5 Å². The van der Waals surface area contributed by atoms with Crippen molar-refractivity contribution in [2.75, 3.05) is 6.61 Å². The van der Waals surface area contributed by atoms with Crippen molar-refractivity contribution in [3.8, 4) is 17.7 Å². The molecular weight excluding hydrogens is 318 g/mol. The number of ether oxygens (including phenoxy) is 1. The number of para-hydroxylation sites is 2. The maximum atomic E-state index is 12.3. The maximum absolute atomic E-state index is 12.3. The maximum Gasteiger partial charge on any atom is 0.271 e. The summed E-state index contributed by atoms with van der Waals surface area (Å²) in [5.41, 5.74) is 0.693. The van der Waals surface area contributed by atoms with Crippen molar-refractivity contribution in [2.45, 2.75) is 20.4 Å². The van der Waals surface area contributed by atoms with Crippen LogP contribution in [0.3, 0.4) is 0 Å². The molecule has 1 N–H and O–H groups in total. The van der Waals surface area contributed by atoms with E-state index >= 15 is 0 Å². The van der Waals surface area contributed by atoms with Crippen LogP contribution >= 0.6 is 0 Å². The highest BCUT2D eigenvalue weighted by Gasteiger charge is 2.17. The van der Waals surface area contributed by atoms with Crippen LogP contribution in [0.25, 0.3) is 0 Å². The number of aromatic hydroxyl groups is 1. The van der Waals surface area contributed by atoms with Crippen molar-refractivity contribution in [3.63, 3.8) is 0 Å². The largest absolute Gasteiger partial charge is 0.494 e. The van der Waals surface area contributed by atoms with Crippen LogP contribution in [0.15, 0.2) is 46.7 Å². The average Bonchev–Trinajstić information content (AvgIpc) is 2.60. The predicted octanol–water partition coefficient (Wildman–Crippen LogP) is 3.07. The average molecular weight is 337 g/mol. The molecule has 0 saturated carbocycles. The topological polar surface area (TPSA) is 87.6 Å². The first kappa shape index (κ1) is 18.0. The van der Waals surface area contributed by atoms with Gasteiger partial charge in [-0.1, -0.05) is 18.2 Å². The molecule has 0 fully saturated rings. The van der Waals surface area contributed by atoms with Gasteiger partial charge in [0.05, 0.1) is 12.2 Å². The number of aromatic nitrogens is 1. The van der Waals surface area contributed by atoms with Crippen LogP contribution in [0.2, 0.25) is 0 Å². The van der Waals surface area contributed by atoms with Crippen LogP contribution in [0.5, 0.6) is 11.6 Å². The first-order valence-corrected chi connectivity index (χ1v) is 7.78. The van der Waals surface area contributed by atoms with Gasteiger partial charge >= 0.3 is 0 Å². The summed E-state index contributed by atoms with van der Waals surface area (Å²) in [7, 11) is 0. The molecule has 128 valence electrons. The minimum absolute atomic E-state index is 0.0285. The fourth-order valence-corrected chi connectivity index (χ4v) is 2.40. The van der Waals surface area contributed by atoms with Crippen LogP contribution < -0.4 is 10.3 Å². The molecule has 0 unspecified atom stereocenters. The highest BCUT2D eigenvalue weighted by molar-refractivity contribution is 5.87. The van der Waals surface area contributed by atoms with E-state index in [-0.39, 0.29) is 18.0 Å². The summed E-state index contributed by atoms with van der Waals surface area (Å²) in [6, 6.07) is 9.12. The van der Waals surface area contributed by atoms with Crippen molar-refractivity contribution < 1.29 is 9.84 Å². The van der Waals surface area contributed by atoms with Gasteiger partial charge in [0.25, 0.3) is 5.56 Å². The summed E-state index contributed by atoms with van der Waals surface area (Å²) in [4.78, 5) is 16.6. The Hall–Kier alpha value is -3.33. The lowest BCUT2D eigenvalue weighted by Crippen LogP contribution is -2.24. The normalized spacial score (nSPS) is 10.6. The Kier molecular flexibility index (Phi) is 5.75. The van der Waals surface area contributed by atoms with Gasteiger partial charge in [0, 0.05) is 12.8 Å². The van der Waals surface area contributed by atoms with Crippen LogP contribution in [0.4, 0.5) is 5.69 Å². The van der Waals surface area contributed by atoms with E-state index in [0.717, 1.165) is 4.57 Å². The minimum Gasteiger partial charge on any atom is -0.494 e. The monoisotopic (exact) mass is 337 g/mol. The van der Waals surface area contributed by atoms with Gasteiger partial charge in [0.2, 0.25) is 5.88 Å². The van der Waals surface area contributed by atoms with Gasteiger partial charge in [-0.3, -0.25) is 14.4 Å². The number of rotatable bonds is 6. The third kappa shape index (κ3) is 3.61. The molecule has 25 heavy (non-hydrogen) atoms. The van der Waals surface area contributed by atoms with E-state index < -0.39 is 5.56 Å². The zero-order valence-corrected chi connectivity index (χ0v) is 14.2. The molecule has 0 aliphatic rings. The molecule has 1 aromatic heterocycles. The van der Waals surface area contributed by atoms with E-state index in [0.29, 0.717) is 29.2 Å². The second-order valence-electron chi connectivity index (χ2n) is 5.21. The van der Waals surface area contributed by atoms with Crippen molar-refractivity contribution >= 4 is 11.9 Å². The van der Waals surface area contributed by atoms with Gasteiger partial charge in [-0.25, -0.2) is 0 Å². The summed E-state index contributed by atoms with van der Waals surface area (Å²) in [5.74, 6) is 0.359. The van der Waals surface area contributed by atoms with E-state index in [1.165, 1.54) is 12.3 Å². The number of hydrogen-bond acceptors (Lipinski definition) is 5. The lowest BCUT2D eigenvalue weighted by atomic mass is 10.1. The molecule has 2 aromatic rings. The second-order valence-corrected chi connectivity index (χ2v) is 5.21. The van der Waals surface area contributed by atoms with E-state index in [4.69, 9.17) is 4.74 Å². The zero-order chi connectivity index (χ0) is 18.4. The molecule has 0 saturated heterocycles. The molecule has 1 aromatic carbocycles. The molecular formula is C19H19N3O3. The lowest BCUT2D eigenvalue weighted by molar-refractivity contribution is 0.341. The third-order valence-corrected chi connectivity index (χ3v) is 3.66. The van der Waals surface area contributed by atoms with E-state index in [9.17, 15) is 15.2 Å². The Balaban J connectivity index is 2.60. The molecule has 6 heteroatoms. The molecule has 0 amide bonds.